The van der Waals surface area contributed by atoms with Crippen molar-refractivity contribution >= 4 is 28.4 Å². The smallest absolute Gasteiger partial charge is 0.343 e. The van der Waals surface area contributed by atoms with Gasteiger partial charge < -0.3 is 32.3 Å². The van der Waals surface area contributed by atoms with Gasteiger partial charge >= 0.3 is 6.18 Å². The lowest BCUT2D eigenvalue weighted by atomic mass is 10.0. The zero-order valence-corrected chi connectivity index (χ0v) is 22.5. The molecular weight excluding hydrogens is 523 g/mol. The molecule has 2 atom stereocenters. The highest BCUT2D eigenvalue weighted by atomic mass is 19.4. The molecule has 2 amide bonds. The lowest BCUT2D eigenvalue weighted by Crippen LogP contribution is -2.55. The van der Waals surface area contributed by atoms with Crippen molar-refractivity contribution in [2.24, 2.45) is 17.2 Å². The fourth-order valence-corrected chi connectivity index (χ4v) is 4.46. The standard InChI is InChI=1S/C28H36F3N7O2/c1-38(14-11-32,15-12-33)13-10-23(34)26(39)37-25(16-19-6-8-21(9-7-19)28(29,30)31)27(40)36-22-17-20-4-2-3-5-24(20)35-18-22/h2-9,17-18,23,25H,10-16,32-34H2,1H3,(H-,36,37,39,40)/p+1. The quantitative estimate of drug-likeness (QED) is 0.202. The lowest BCUT2D eigenvalue weighted by molar-refractivity contribution is -0.907. The molecule has 0 aliphatic heterocycles. The van der Waals surface area contributed by atoms with E-state index in [-0.39, 0.29) is 6.42 Å². The molecule has 1 aromatic heterocycles. The summed E-state index contributed by atoms with van der Waals surface area (Å²) in [6.07, 6.45) is -2.71. The molecule has 0 aliphatic carbocycles. The minimum atomic E-state index is -4.49. The summed E-state index contributed by atoms with van der Waals surface area (Å²) in [5, 5.41) is 6.26. The van der Waals surface area contributed by atoms with Crippen LogP contribution in [0.3, 0.4) is 0 Å². The number of nitrogens with two attached hydrogens (primary N) is 3. The van der Waals surface area contributed by atoms with Crippen LogP contribution < -0.4 is 27.8 Å². The highest BCUT2D eigenvalue weighted by molar-refractivity contribution is 5.99. The van der Waals surface area contributed by atoms with Crippen LogP contribution in [0.5, 0.6) is 0 Å². The second-order valence-electron chi connectivity index (χ2n) is 10.1. The Morgan fingerprint density at radius 1 is 0.975 bits per heavy atom. The number of pyridine rings is 1. The van der Waals surface area contributed by atoms with E-state index in [1.165, 1.54) is 18.3 Å². The highest BCUT2D eigenvalue weighted by Gasteiger charge is 2.31. The summed E-state index contributed by atoms with van der Waals surface area (Å²) in [6.45, 7) is 2.81. The second kappa shape index (κ2) is 13.7. The normalized spacial score (nSPS) is 13.6. The van der Waals surface area contributed by atoms with E-state index < -0.39 is 35.6 Å². The Balaban J connectivity index is 1.76. The molecule has 216 valence electrons. The molecule has 12 heteroatoms. The first-order valence-electron chi connectivity index (χ1n) is 13.1. The summed E-state index contributed by atoms with van der Waals surface area (Å²) in [5.41, 5.74) is 18.4. The first-order valence-corrected chi connectivity index (χ1v) is 13.1. The van der Waals surface area contributed by atoms with Gasteiger partial charge in [-0.2, -0.15) is 13.2 Å². The van der Waals surface area contributed by atoms with Crippen molar-refractivity contribution in [2.75, 3.05) is 45.1 Å². The molecule has 0 bridgehead atoms. The zero-order valence-electron chi connectivity index (χ0n) is 22.5. The molecule has 9 nitrogen and oxygen atoms in total. The summed E-state index contributed by atoms with van der Waals surface area (Å²) in [7, 11) is 1.99. The fraction of sp³-hybridized carbons (Fsp3) is 0.393. The monoisotopic (exact) mass is 560 g/mol. The molecule has 0 saturated carbocycles. The van der Waals surface area contributed by atoms with Gasteiger partial charge in [0.05, 0.1) is 55.7 Å². The van der Waals surface area contributed by atoms with Crippen LogP contribution in [-0.2, 0) is 22.2 Å². The molecule has 40 heavy (non-hydrogen) atoms. The van der Waals surface area contributed by atoms with Gasteiger partial charge in [-0.15, -0.1) is 0 Å². The summed E-state index contributed by atoms with van der Waals surface area (Å²) in [5.74, 6) is -1.10. The van der Waals surface area contributed by atoms with E-state index in [0.717, 1.165) is 23.0 Å². The Kier molecular flexibility index (Phi) is 10.6. The van der Waals surface area contributed by atoms with Gasteiger partial charge in [0, 0.05) is 31.3 Å². The van der Waals surface area contributed by atoms with Crippen LogP contribution in [0.15, 0.2) is 60.8 Å². The number of carbonyl (C=O) groups excluding carboxylic acids is 2. The molecule has 0 saturated heterocycles. The number of likely N-dealkylation sites (N-methyl/N-ethyl adjacent to an activating group) is 1. The first kappa shape index (κ1) is 31.0. The van der Waals surface area contributed by atoms with Crippen LogP contribution in [-0.4, -0.2) is 73.1 Å². The topological polar surface area (TPSA) is 149 Å². The van der Waals surface area contributed by atoms with Crippen LogP contribution in [0, 0.1) is 0 Å². The van der Waals surface area contributed by atoms with Crippen molar-refractivity contribution < 1.29 is 27.2 Å². The number of rotatable bonds is 13. The number of halogens is 3. The molecule has 2 unspecified atom stereocenters. The number of alkyl halides is 3. The minimum Gasteiger partial charge on any atom is -0.343 e. The van der Waals surface area contributed by atoms with Crippen LogP contribution in [0.25, 0.3) is 10.9 Å². The van der Waals surface area contributed by atoms with Gasteiger partial charge in [-0.3, -0.25) is 14.6 Å². The molecule has 1 heterocycles. The molecule has 3 rings (SSSR count). The molecule has 0 spiro atoms. The number of hydrogen-bond acceptors (Lipinski definition) is 6. The van der Waals surface area contributed by atoms with Gasteiger partial charge in [0.25, 0.3) is 0 Å². The van der Waals surface area contributed by atoms with Gasteiger partial charge in [-0.05, 0) is 29.8 Å². The van der Waals surface area contributed by atoms with Gasteiger partial charge in [-0.1, -0.05) is 30.3 Å². The number of aromatic nitrogens is 1. The van der Waals surface area contributed by atoms with E-state index >= 15 is 0 Å². The molecule has 0 radical (unpaired) electrons. The molecule has 3 aromatic rings. The van der Waals surface area contributed by atoms with Crippen molar-refractivity contribution in [3.63, 3.8) is 0 Å². The first-order chi connectivity index (χ1) is 18.9. The van der Waals surface area contributed by atoms with Crippen molar-refractivity contribution in [1.82, 2.24) is 10.3 Å². The average molecular weight is 561 g/mol. The number of carbonyl (C=O) groups is 2. The predicted molar refractivity (Wildman–Crippen MR) is 149 cm³/mol. The Morgan fingerprint density at radius 3 is 2.25 bits per heavy atom. The number of fused-ring (bicyclic) bond motifs is 1. The van der Waals surface area contributed by atoms with E-state index in [1.54, 1.807) is 6.07 Å². The number of quaternary nitrogens is 1. The van der Waals surface area contributed by atoms with Crippen LogP contribution in [0.1, 0.15) is 17.5 Å². The Bertz CT molecular complexity index is 1280. The summed E-state index contributed by atoms with van der Waals surface area (Å²) in [4.78, 5) is 30.7. The third-order valence-corrected chi connectivity index (χ3v) is 6.87. The van der Waals surface area contributed by atoms with Crippen molar-refractivity contribution in [3.05, 3.63) is 71.9 Å². The zero-order chi connectivity index (χ0) is 29.3. The second-order valence-corrected chi connectivity index (χ2v) is 10.1. The van der Waals surface area contributed by atoms with Gasteiger partial charge in [0.2, 0.25) is 11.8 Å². The molecule has 0 aliphatic rings. The average Bonchev–Trinajstić information content (AvgIpc) is 2.91. The number of amides is 2. The third kappa shape index (κ3) is 8.71. The van der Waals surface area contributed by atoms with Gasteiger partial charge in [-0.25, -0.2) is 0 Å². The number of nitrogens with zero attached hydrogens (tertiary/aromatic N) is 2. The highest BCUT2D eigenvalue weighted by Crippen LogP contribution is 2.29. The summed E-state index contributed by atoms with van der Waals surface area (Å²) >= 11 is 0. The molecular formula is C28H37F3N7O2+. The Hall–Kier alpha value is -3.58. The number of benzene rings is 2. The van der Waals surface area contributed by atoms with Gasteiger partial charge in [0.1, 0.15) is 6.04 Å². The molecule has 0 fully saturated rings. The summed E-state index contributed by atoms with van der Waals surface area (Å²) in [6, 6.07) is 11.6. The minimum absolute atomic E-state index is 0.0441. The molecule has 8 N–H and O–H groups in total. The number of para-hydroxylation sites is 1. The maximum Gasteiger partial charge on any atom is 0.416 e. The van der Waals surface area contributed by atoms with E-state index in [1.807, 2.05) is 31.3 Å². The van der Waals surface area contributed by atoms with Gasteiger partial charge in [0.15, 0.2) is 0 Å². The summed E-state index contributed by atoms with van der Waals surface area (Å²) < 4.78 is 39.6. The van der Waals surface area contributed by atoms with Crippen molar-refractivity contribution in [3.8, 4) is 0 Å². The fourth-order valence-electron chi connectivity index (χ4n) is 4.46. The maximum absolute atomic E-state index is 13.3. The van der Waals surface area contributed by atoms with Crippen LogP contribution in [0.2, 0.25) is 0 Å². The number of hydrogen-bond donors (Lipinski definition) is 5. The van der Waals surface area contributed by atoms with E-state index in [4.69, 9.17) is 17.2 Å². The van der Waals surface area contributed by atoms with E-state index in [2.05, 4.69) is 15.6 Å². The maximum atomic E-state index is 13.3. The largest absolute Gasteiger partial charge is 0.416 e. The van der Waals surface area contributed by atoms with Crippen LogP contribution >= 0.6 is 0 Å². The molecule has 2 aromatic carbocycles. The predicted octanol–water partition coefficient (Wildman–Crippen LogP) is 2.00. The van der Waals surface area contributed by atoms with Crippen molar-refractivity contribution in [1.29, 1.82) is 0 Å². The van der Waals surface area contributed by atoms with Crippen molar-refractivity contribution in [2.45, 2.75) is 31.1 Å². The Labute approximate surface area is 231 Å². The third-order valence-electron chi connectivity index (χ3n) is 6.87. The number of nitrogens with one attached hydrogen (secondary N) is 2. The SMILES string of the molecule is C[N+](CCN)(CCN)CCC(N)C(=O)NC(Cc1ccc(C(F)(F)F)cc1)C(=O)Nc1cnc2ccccc2c1. The van der Waals surface area contributed by atoms with E-state index in [9.17, 15) is 22.8 Å². The Morgan fingerprint density at radius 2 is 1.62 bits per heavy atom. The van der Waals surface area contributed by atoms with Crippen LogP contribution in [0.4, 0.5) is 18.9 Å². The van der Waals surface area contributed by atoms with E-state index in [0.29, 0.717) is 54.9 Å². The lowest BCUT2D eigenvalue weighted by Gasteiger charge is -2.34. The number of anilines is 1.